The third kappa shape index (κ3) is 3.56. The molecule has 0 radical (unpaired) electrons. The number of hydrogen-bond acceptors (Lipinski definition) is 2. The minimum absolute atomic E-state index is 0.442. The van der Waals surface area contributed by atoms with E-state index in [2.05, 4.69) is 65.2 Å². The standard InChI is InChI=1S/C15H23BrN2/c1-12-8-14(16)5-4-13(12)9-18(3)11-15(2)6-7-17-10-15/h4-5,8,17H,6-7,9-11H2,1-3H3. The summed E-state index contributed by atoms with van der Waals surface area (Å²) < 4.78 is 1.17. The van der Waals surface area contributed by atoms with Crippen LogP contribution in [0.5, 0.6) is 0 Å². The summed E-state index contributed by atoms with van der Waals surface area (Å²) in [7, 11) is 2.23. The Balaban J connectivity index is 1.96. The van der Waals surface area contributed by atoms with Crippen LogP contribution in [0.1, 0.15) is 24.5 Å². The minimum atomic E-state index is 0.442. The van der Waals surface area contributed by atoms with Gasteiger partial charge in [0.25, 0.3) is 0 Å². The van der Waals surface area contributed by atoms with Gasteiger partial charge in [-0.2, -0.15) is 0 Å². The fourth-order valence-corrected chi connectivity index (χ4v) is 3.31. The Morgan fingerprint density at radius 3 is 2.83 bits per heavy atom. The largest absolute Gasteiger partial charge is 0.316 e. The monoisotopic (exact) mass is 310 g/mol. The van der Waals surface area contributed by atoms with Crippen molar-refractivity contribution in [3.8, 4) is 0 Å². The van der Waals surface area contributed by atoms with Crippen molar-refractivity contribution < 1.29 is 0 Å². The molecular weight excluding hydrogens is 288 g/mol. The number of benzene rings is 1. The molecule has 0 bridgehead atoms. The van der Waals surface area contributed by atoms with E-state index in [4.69, 9.17) is 0 Å². The van der Waals surface area contributed by atoms with Gasteiger partial charge in [0.05, 0.1) is 0 Å². The van der Waals surface area contributed by atoms with Crippen LogP contribution in [-0.2, 0) is 6.54 Å². The number of hydrogen-bond donors (Lipinski definition) is 1. The summed E-state index contributed by atoms with van der Waals surface area (Å²) in [5.41, 5.74) is 3.24. The quantitative estimate of drug-likeness (QED) is 0.919. The van der Waals surface area contributed by atoms with Gasteiger partial charge < -0.3 is 10.2 Å². The summed E-state index contributed by atoms with van der Waals surface area (Å²) in [6.45, 7) is 9.09. The zero-order valence-corrected chi connectivity index (χ0v) is 13.2. The molecule has 100 valence electrons. The lowest BCUT2D eigenvalue weighted by Crippen LogP contribution is -2.34. The molecule has 18 heavy (non-hydrogen) atoms. The molecule has 1 unspecified atom stereocenters. The van der Waals surface area contributed by atoms with Gasteiger partial charge in [-0.15, -0.1) is 0 Å². The van der Waals surface area contributed by atoms with Crippen molar-refractivity contribution >= 4 is 15.9 Å². The zero-order chi connectivity index (χ0) is 13.2. The summed E-state index contributed by atoms with van der Waals surface area (Å²) >= 11 is 3.52. The molecule has 1 aromatic rings. The molecule has 1 aliphatic heterocycles. The van der Waals surface area contributed by atoms with Crippen molar-refractivity contribution in [3.05, 3.63) is 33.8 Å². The van der Waals surface area contributed by atoms with E-state index in [1.807, 2.05) is 0 Å². The van der Waals surface area contributed by atoms with Crippen LogP contribution in [-0.4, -0.2) is 31.6 Å². The molecule has 0 spiro atoms. The van der Waals surface area contributed by atoms with E-state index in [9.17, 15) is 0 Å². The van der Waals surface area contributed by atoms with E-state index in [-0.39, 0.29) is 0 Å². The maximum absolute atomic E-state index is 3.52. The Hall–Kier alpha value is -0.380. The Labute approximate surface area is 119 Å². The van der Waals surface area contributed by atoms with Gasteiger partial charge in [0.2, 0.25) is 0 Å². The molecule has 1 aromatic carbocycles. The van der Waals surface area contributed by atoms with E-state index in [0.29, 0.717) is 5.41 Å². The van der Waals surface area contributed by atoms with Gasteiger partial charge in [0.1, 0.15) is 0 Å². The molecule has 2 nitrogen and oxygen atoms in total. The fraction of sp³-hybridized carbons (Fsp3) is 0.600. The first-order valence-electron chi connectivity index (χ1n) is 6.63. The molecule has 1 atom stereocenters. The Morgan fingerprint density at radius 2 is 2.22 bits per heavy atom. The summed E-state index contributed by atoms with van der Waals surface area (Å²) in [5.74, 6) is 0. The second kappa shape index (κ2) is 5.72. The lowest BCUT2D eigenvalue weighted by Gasteiger charge is -2.29. The fourth-order valence-electron chi connectivity index (χ4n) is 2.84. The first kappa shape index (κ1) is 14.0. The van der Waals surface area contributed by atoms with Crippen LogP contribution in [0.15, 0.2) is 22.7 Å². The predicted molar refractivity (Wildman–Crippen MR) is 80.8 cm³/mol. The van der Waals surface area contributed by atoms with Crippen molar-refractivity contribution in [2.24, 2.45) is 5.41 Å². The summed E-state index contributed by atoms with van der Waals surface area (Å²) in [6.07, 6.45) is 1.29. The zero-order valence-electron chi connectivity index (χ0n) is 11.6. The smallest absolute Gasteiger partial charge is 0.0233 e. The van der Waals surface area contributed by atoms with E-state index >= 15 is 0 Å². The van der Waals surface area contributed by atoms with Crippen LogP contribution < -0.4 is 5.32 Å². The van der Waals surface area contributed by atoms with Crippen LogP contribution in [0.3, 0.4) is 0 Å². The van der Waals surface area contributed by atoms with Crippen LogP contribution in [0.2, 0.25) is 0 Å². The molecule has 0 saturated carbocycles. The summed E-state index contributed by atoms with van der Waals surface area (Å²) in [4.78, 5) is 2.45. The van der Waals surface area contributed by atoms with E-state index < -0.39 is 0 Å². The molecule has 0 aromatic heterocycles. The maximum Gasteiger partial charge on any atom is 0.0233 e. The summed E-state index contributed by atoms with van der Waals surface area (Å²) in [5, 5.41) is 3.47. The van der Waals surface area contributed by atoms with E-state index in [1.54, 1.807) is 0 Å². The maximum atomic E-state index is 3.52. The lowest BCUT2D eigenvalue weighted by molar-refractivity contribution is 0.203. The molecule has 0 aliphatic carbocycles. The average Bonchev–Trinajstić information content (AvgIpc) is 2.69. The van der Waals surface area contributed by atoms with Gasteiger partial charge in [-0.3, -0.25) is 0 Å². The normalized spacial score (nSPS) is 23.8. The van der Waals surface area contributed by atoms with Crippen molar-refractivity contribution in [2.45, 2.75) is 26.8 Å². The van der Waals surface area contributed by atoms with Crippen molar-refractivity contribution in [1.82, 2.24) is 10.2 Å². The predicted octanol–water partition coefficient (Wildman–Crippen LogP) is 3.19. The third-order valence-electron chi connectivity index (χ3n) is 3.85. The first-order valence-corrected chi connectivity index (χ1v) is 7.42. The highest BCUT2D eigenvalue weighted by Gasteiger charge is 2.29. The molecular formula is C15H23BrN2. The van der Waals surface area contributed by atoms with Gasteiger partial charge in [-0.25, -0.2) is 0 Å². The number of rotatable bonds is 4. The van der Waals surface area contributed by atoms with Gasteiger partial charge >= 0.3 is 0 Å². The van der Waals surface area contributed by atoms with Crippen LogP contribution in [0.4, 0.5) is 0 Å². The second-order valence-corrected chi connectivity index (χ2v) is 6.90. The number of nitrogens with one attached hydrogen (secondary N) is 1. The lowest BCUT2D eigenvalue weighted by atomic mass is 9.89. The van der Waals surface area contributed by atoms with Gasteiger partial charge in [0, 0.05) is 24.1 Å². The third-order valence-corrected chi connectivity index (χ3v) is 4.35. The Morgan fingerprint density at radius 1 is 1.44 bits per heavy atom. The highest BCUT2D eigenvalue weighted by Crippen LogP contribution is 2.26. The first-order chi connectivity index (χ1) is 8.48. The molecule has 0 amide bonds. The van der Waals surface area contributed by atoms with Crippen LogP contribution >= 0.6 is 15.9 Å². The molecule has 1 heterocycles. The summed E-state index contributed by atoms with van der Waals surface area (Å²) in [6, 6.07) is 6.56. The number of aryl methyl sites for hydroxylation is 1. The Kier molecular flexibility index (Phi) is 4.46. The SMILES string of the molecule is Cc1cc(Br)ccc1CN(C)CC1(C)CCNC1. The molecule has 1 fully saturated rings. The van der Waals surface area contributed by atoms with Crippen molar-refractivity contribution in [3.63, 3.8) is 0 Å². The topological polar surface area (TPSA) is 15.3 Å². The number of nitrogens with zero attached hydrogens (tertiary/aromatic N) is 1. The molecule has 2 rings (SSSR count). The minimum Gasteiger partial charge on any atom is -0.316 e. The van der Waals surface area contributed by atoms with Gasteiger partial charge in [-0.05, 0) is 55.6 Å². The van der Waals surface area contributed by atoms with Crippen LogP contribution in [0, 0.1) is 12.3 Å². The molecule has 1 N–H and O–H groups in total. The van der Waals surface area contributed by atoms with E-state index in [1.165, 1.54) is 28.6 Å². The number of halogens is 1. The van der Waals surface area contributed by atoms with Crippen molar-refractivity contribution in [1.29, 1.82) is 0 Å². The molecule has 1 saturated heterocycles. The second-order valence-electron chi connectivity index (χ2n) is 5.98. The molecule has 1 aliphatic rings. The van der Waals surface area contributed by atoms with Gasteiger partial charge in [0.15, 0.2) is 0 Å². The van der Waals surface area contributed by atoms with E-state index in [0.717, 1.165) is 19.6 Å². The van der Waals surface area contributed by atoms with Crippen LogP contribution in [0.25, 0.3) is 0 Å². The molecule has 3 heteroatoms. The van der Waals surface area contributed by atoms with Crippen molar-refractivity contribution in [2.75, 3.05) is 26.7 Å². The highest BCUT2D eigenvalue weighted by molar-refractivity contribution is 9.10. The average molecular weight is 311 g/mol. The Bertz CT molecular complexity index is 411. The highest BCUT2D eigenvalue weighted by atomic mass is 79.9. The van der Waals surface area contributed by atoms with Gasteiger partial charge in [-0.1, -0.05) is 28.9 Å².